The number of aromatic amines is 1. The van der Waals surface area contributed by atoms with E-state index in [0.29, 0.717) is 30.9 Å². The summed E-state index contributed by atoms with van der Waals surface area (Å²) < 4.78 is 0. The maximum Gasteiger partial charge on any atom is 0.269 e. The largest absolute Gasteiger partial charge is 0.344 e. The van der Waals surface area contributed by atoms with Gasteiger partial charge >= 0.3 is 0 Å². The molecule has 0 spiro atoms. The van der Waals surface area contributed by atoms with E-state index in [4.69, 9.17) is 0 Å². The molecule has 1 fully saturated rings. The van der Waals surface area contributed by atoms with Crippen LogP contribution in [0.2, 0.25) is 0 Å². The summed E-state index contributed by atoms with van der Waals surface area (Å²) >= 11 is 0. The predicted molar refractivity (Wildman–Crippen MR) is 66.4 cm³/mol. The molecule has 100 valence electrons. The van der Waals surface area contributed by atoms with Gasteiger partial charge in [-0.05, 0) is 6.08 Å². The highest BCUT2D eigenvalue weighted by Gasteiger charge is 2.30. The Labute approximate surface area is 109 Å². The van der Waals surface area contributed by atoms with Crippen LogP contribution in [0.4, 0.5) is 0 Å². The number of imidazole rings is 1. The maximum absolute atomic E-state index is 11.8. The van der Waals surface area contributed by atoms with Crippen LogP contribution in [0.25, 0.3) is 0 Å². The molecule has 0 atom stereocenters. The second-order valence-electron chi connectivity index (χ2n) is 4.23. The van der Waals surface area contributed by atoms with Crippen LogP contribution in [0.15, 0.2) is 18.9 Å². The number of rotatable bonds is 5. The number of hydrogen-bond donors (Lipinski definition) is 2. The fourth-order valence-corrected chi connectivity index (χ4v) is 1.80. The molecule has 2 amide bonds. The highest BCUT2D eigenvalue weighted by molar-refractivity contribution is 5.93. The molecular weight excluding hydrogens is 248 g/mol. The molecule has 0 aliphatic carbocycles. The number of likely N-dealkylation sites (tertiary alicyclic amines) is 1. The smallest absolute Gasteiger partial charge is 0.269 e. The lowest BCUT2D eigenvalue weighted by atomic mass is 10.1. The Hall–Kier alpha value is -2.44. The minimum absolute atomic E-state index is 0.0609. The summed E-state index contributed by atoms with van der Waals surface area (Å²) in [5.74, 6) is 0.0258. The molecule has 0 bridgehead atoms. The second-order valence-corrected chi connectivity index (χ2v) is 4.23. The van der Waals surface area contributed by atoms with Gasteiger partial charge in [0.15, 0.2) is 0 Å². The Morgan fingerprint density at radius 3 is 2.95 bits per heavy atom. The third-order valence-corrected chi connectivity index (χ3v) is 2.85. The van der Waals surface area contributed by atoms with Gasteiger partial charge < -0.3 is 20.0 Å². The van der Waals surface area contributed by atoms with Crippen molar-refractivity contribution in [2.45, 2.75) is 12.5 Å². The Balaban J connectivity index is 1.83. The standard InChI is InChI=1S/C12H14N4O3/c1-2-11(18)16-6-8(7-16)14-12(19)9-5-13-10(15-9)3-4-17/h2,4-5,8H,1,3,6-7H2,(H,13,15)(H,14,19). The summed E-state index contributed by atoms with van der Waals surface area (Å²) in [5, 5.41) is 2.77. The number of aromatic nitrogens is 2. The number of nitrogens with zero attached hydrogens (tertiary/aromatic N) is 2. The molecule has 19 heavy (non-hydrogen) atoms. The van der Waals surface area contributed by atoms with E-state index in [1.54, 1.807) is 4.90 Å². The van der Waals surface area contributed by atoms with E-state index in [2.05, 4.69) is 21.9 Å². The fourth-order valence-electron chi connectivity index (χ4n) is 1.80. The molecule has 7 heteroatoms. The molecule has 1 aromatic heterocycles. The highest BCUT2D eigenvalue weighted by atomic mass is 16.2. The van der Waals surface area contributed by atoms with Crippen molar-refractivity contribution in [3.63, 3.8) is 0 Å². The maximum atomic E-state index is 11.8. The lowest BCUT2D eigenvalue weighted by Gasteiger charge is -2.38. The number of hydrogen-bond acceptors (Lipinski definition) is 4. The van der Waals surface area contributed by atoms with Gasteiger partial charge in [-0.25, -0.2) is 4.98 Å². The van der Waals surface area contributed by atoms with Crippen LogP contribution in [-0.4, -0.2) is 52.1 Å². The third-order valence-electron chi connectivity index (χ3n) is 2.85. The zero-order valence-corrected chi connectivity index (χ0v) is 10.3. The van der Waals surface area contributed by atoms with Crippen molar-refractivity contribution in [1.29, 1.82) is 0 Å². The van der Waals surface area contributed by atoms with Crippen LogP contribution in [0, 0.1) is 0 Å². The zero-order valence-electron chi connectivity index (χ0n) is 10.3. The Morgan fingerprint density at radius 1 is 1.58 bits per heavy atom. The van der Waals surface area contributed by atoms with Gasteiger partial charge in [0.1, 0.15) is 17.8 Å². The lowest BCUT2D eigenvalue weighted by molar-refractivity contribution is -0.130. The van der Waals surface area contributed by atoms with E-state index >= 15 is 0 Å². The first kappa shape index (κ1) is 13.0. The number of H-pyrrole nitrogens is 1. The molecule has 1 saturated heterocycles. The van der Waals surface area contributed by atoms with Crippen LogP contribution in [0.3, 0.4) is 0 Å². The molecule has 1 aromatic rings. The molecule has 2 rings (SSSR count). The quantitative estimate of drug-likeness (QED) is 0.540. The van der Waals surface area contributed by atoms with Crippen molar-refractivity contribution in [1.82, 2.24) is 20.2 Å². The Bertz CT molecular complexity index is 517. The van der Waals surface area contributed by atoms with E-state index in [-0.39, 0.29) is 24.3 Å². The van der Waals surface area contributed by atoms with Crippen LogP contribution >= 0.6 is 0 Å². The normalized spacial score (nSPS) is 14.6. The van der Waals surface area contributed by atoms with Gasteiger partial charge in [-0.1, -0.05) is 6.58 Å². The number of amides is 2. The number of carbonyl (C=O) groups excluding carboxylic acids is 3. The van der Waals surface area contributed by atoms with E-state index in [0.717, 1.165) is 0 Å². The van der Waals surface area contributed by atoms with Crippen molar-refractivity contribution in [3.8, 4) is 0 Å². The molecular formula is C12H14N4O3. The molecule has 0 saturated carbocycles. The van der Waals surface area contributed by atoms with Gasteiger partial charge in [0, 0.05) is 13.1 Å². The summed E-state index contributed by atoms with van der Waals surface area (Å²) in [5.41, 5.74) is 0.311. The molecule has 1 aliphatic heterocycles. The molecule has 7 nitrogen and oxygen atoms in total. The first-order valence-corrected chi connectivity index (χ1v) is 5.83. The fraction of sp³-hybridized carbons (Fsp3) is 0.333. The summed E-state index contributed by atoms with van der Waals surface area (Å²) in [6.07, 6.45) is 3.50. The van der Waals surface area contributed by atoms with Gasteiger partial charge in [-0.2, -0.15) is 0 Å². The minimum atomic E-state index is -0.291. The predicted octanol–water partition coefficient (Wildman–Crippen LogP) is -0.722. The first-order valence-electron chi connectivity index (χ1n) is 5.83. The van der Waals surface area contributed by atoms with Gasteiger partial charge in [-0.15, -0.1) is 0 Å². The summed E-state index contributed by atoms with van der Waals surface area (Å²) in [4.78, 5) is 41.6. The topological polar surface area (TPSA) is 95.2 Å². The van der Waals surface area contributed by atoms with Crippen LogP contribution in [-0.2, 0) is 16.0 Å². The average molecular weight is 262 g/mol. The van der Waals surface area contributed by atoms with Gasteiger partial charge in [0.2, 0.25) is 5.91 Å². The summed E-state index contributed by atoms with van der Waals surface area (Å²) in [6.45, 7) is 4.35. The third kappa shape index (κ3) is 2.87. The zero-order chi connectivity index (χ0) is 13.8. The number of carbonyl (C=O) groups is 3. The molecule has 2 N–H and O–H groups in total. The molecule has 1 aliphatic rings. The van der Waals surface area contributed by atoms with Crippen molar-refractivity contribution >= 4 is 18.1 Å². The number of nitrogens with one attached hydrogen (secondary N) is 2. The minimum Gasteiger partial charge on any atom is -0.344 e. The van der Waals surface area contributed by atoms with Gasteiger partial charge in [-0.3, -0.25) is 9.59 Å². The highest BCUT2D eigenvalue weighted by Crippen LogP contribution is 2.09. The van der Waals surface area contributed by atoms with E-state index in [1.807, 2.05) is 0 Å². The van der Waals surface area contributed by atoms with Crippen molar-refractivity contribution in [2.75, 3.05) is 13.1 Å². The number of aldehydes is 1. The molecule has 0 unspecified atom stereocenters. The van der Waals surface area contributed by atoms with E-state index in [9.17, 15) is 14.4 Å². The van der Waals surface area contributed by atoms with Gasteiger partial charge in [0.25, 0.3) is 5.91 Å². The van der Waals surface area contributed by atoms with E-state index < -0.39 is 0 Å². The van der Waals surface area contributed by atoms with Crippen molar-refractivity contribution < 1.29 is 14.4 Å². The second kappa shape index (κ2) is 5.47. The summed E-state index contributed by atoms with van der Waals surface area (Å²) in [6, 6.07) is -0.0609. The van der Waals surface area contributed by atoms with Gasteiger partial charge in [0.05, 0.1) is 18.7 Å². The van der Waals surface area contributed by atoms with Crippen LogP contribution < -0.4 is 5.32 Å². The lowest BCUT2D eigenvalue weighted by Crippen LogP contribution is -2.60. The molecule has 0 radical (unpaired) electrons. The SMILES string of the molecule is C=CC(=O)N1CC(NC(=O)c2cnc(CC=O)[nH]2)C1. The first-order chi connectivity index (χ1) is 9.13. The summed E-state index contributed by atoms with van der Waals surface area (Å²) in [7, 11) is 0. The molecule has 0 aromatic carbocycles. The Kier molecular flexibility index (Phi) is 3.74. The van der Waals surface area contributed by atoms with Crippen molar-refractivity contribution in [3.05, 3.63) is 30.4 Å². The van der Waals surface area contributed by atoms with Crippen molar-refractivity contribution in [2.24, 2.45) is 0 Å². The molecule has 2 heterocycles. The van der Waals surface area contributed by atoms with Crippen LogP contribution in [0.5, 0.6) is 0 Å². The van der Waals surface area contributed by atoms with E-state index in [1.165, 1.54) is 12.3 Å². The van der Waals surface area contributed by atoms with Crippen LogP contribution in [0.1, 0.15) is 16.3 Å². The monoisotopic (exact) mass is 262 g/mol. The average Bonchev–Trinajstić information content (AvgIpc) is 2.81. The Morgan fingerprint density at radius 2 is 2.32 bits per heavy atom.